The number of benzene rings is 2. The molecule has 0 amide bonds. The van der Waals surface area contributed by atoms with Crippen molar-refractivity contribution in [3.63, 3.8) is 0 Å². The van der Waals surface area contributed by atoms with Gasteiger partial charge in [-0.3, -0.25) is 4.79 Å². The van der Waals surface area contributed by atoms with Crippen LogP contribution in [0.4, 0.5) is 11.4 Å². The first-order valence-electron chi connectivity index (χ1n) is 10.5. The Labute approximate surface area is 198 Å². The second-order valence-corrected chi connectivity index (χ2v) is 7.77. The first kappa shape index (κ1) is 24.2. The van der Waals surface area contributed by atoms with Crippen LogP contribution in [0.15, 0.2) is 59.7 Å². The molecule has 1 heterocycles. The Balaban J connectivity index is 1.60. The van der Waals surface area contributed by atoms with Crippen LogP contribution in [0.3, 0.4) is 0 Å². The molecule has 0 aromatic heterocycles. The summed E-state index contributed by atoms with van der Waals surface area (Å²) < 4.78 is 10.1. The molecule has 1 atom stereocenters. The van der Waals surface area contributed by atoms with Crippen molar-refractivity contribution in [2.45, 2.75) is 6.10 Å². The van der Waals surface area contributed by atoms with Crippen LogP contribution in [0, 0.1) is 22.7 Å². The smallest absolute Gasteiger partial charge is 0.348 e. The number of carbonyl (C=O) groups excluding carboxylic acids is 2. The molecule has 0 spiro atoms. The number of carbonyl (C=O) groups is 2. The minimum absolute atomic E-state index is 0.0505. The third-order valence-corrected chi connectivity index (χ3v) is 5.12. The molecule has 0 radical (unpaired) electrons. The number of allylic oxidation sites excluding steroid dienone is 1. The molecule has 1 aliphatic rings. The Morgan fingerprint density at radius 1 is 1.00 bits per heavy atom. The number of nitriles is 2. The Morgan fingerprint density at radius 3 is 1.97 bits per heavy atom. The van der Waals surface area contributed by atoms with Crippen LogP contribution >= 0.6 is 0 Å². The van der Waals surface area contributed by atoms with Crippen molar-refractivity contribution in [1.29, 1.82) is 10.5 Å². The Hall–Kier alpha value is -4.40. The molecule has 0 aliphatic carbocycles. The first-order chi connectivity index (χ1) is 16.4. The average molecular weight is 457 g/mol. The summed E-state index contributed by atoms with van der Waals surface area (Å²) in [7, 11) is 3.92. The minimum Gasteiger partial charge on any atom is -0.459 e. The van der Waals surface area contributed by atoms with Gasteiger partial charge in [-0.2, -0.15) is 10.5 Å². The highest BCUT2D eigenvalue weighted by Crippen LogP contribution is 2.20. The fraction of sp³-hybridized carbons (Fsp3) is 0.231. The van der Waals surface area contributed by atoms with Crippen molar-refractivity contribution in [3.8, 4) is 12.1 Å². The molecule has 34 heavy (non-hydrogen) atoms. The molecular weight excluding hydrogens is 432 g/mol. The number of hydrogen-bond acceptors (Lipinski definition) is 8. The molecule has 1 fully saturated rings. The van der Waals surface area contributed by atoms with Crippen LogP contribution < -0.4 is 9.80 Å². The van der Waals surface area contributed by atoms with Crippen molar-refractivity contribution in [2.24, 2.45) is 0 Å². The summed E-state index contributed by atoms with van der Waals surface area (Å²) >= 11 is 0. The molecule has 0 bridgehead atoms. The maximum atomic E-state index is 12.0. The van der Waals surface area contributed by atoms with E-state index >= 15 is 0 Å². The van der Waals surface area contributed by atoms with E-state index in [-0.39, 0.29) is 23.9 Å². The predicted molar refractivity (Wildman–Crippen MR) is 129 cm³/mol. The van der Waals surface area contributed by atoms with E-state index in [0.29, 0.717) is 19.6 Å². The Morgan fingerprint density at radius 2 is 1.53 bits per heavy atom. The predicted octanol–water partition coefficient (Wildman–Crippen LogP) is 3.17. The van der Waals surface area contributed by atoms with E-state index < -0.39 is 5.97 Å². The lowest BCUT2D eigenvalue weighted by molar-refractivity contribution is -0.138. The summed E-state index contributed by atoms with van der Waals surface area (Å²) in [4.78, 5) is 26.9. The lowest BCUT2D eigenvalue weighted by atomic mass is 10.1. The molecule has 0 N–H and O–H groups in total. The molecule has 3 rings (SSSR count). The quantitative estimate of drug-likeness (QED) is 0.134. The molecule has 2 aromatic carbocycles. The SMILES string of the molecule is CN(CN(C)c1ccc(/C=C(\C#N)C(=O)OCC2CO2)cc1)c1ccc(/C=C(\C#N)C=O)cc1. The maximum Gasteiger partial charge on any atom is 0.348 e. The van der Waals surface area contributed by atoms with Gasteiger partial charge in [0.05, 0.1) is 18.8 Å². The summed E-state index contributed by atoms with van der Waals surface area (Å²) in [5.74, 6) is -0.655. The zero-order chi connectivity index (χ0) is 24.5. The van der Waals surface area contributed by atoms with Crippen molar-refractivity contribution in [2.75, 3.05) is 43.8 Å². The van der Waals surface area contributed by atoms with Gasteiger partial charge in [0.1, 0.15) is 30.4 Å². The second kappa shape index (κ2) is 11.5. The molecule has 8 nitrogen and oxygen atoms in total. The van der Waals surface area contributed by atoms with Crippen LogP contribution in [0.2, 0.25) is 0 Å². The number of rotatable bonds is 10. The van der Waals surface area contributed by atoms with Crippen LogP contribution in [-0.4, -0.2) is 52.3 Å². The maximum absolute atomic E-state index is 12.0. The van der Waals surface area contributed by atoms with Gasteiger partial charge in [0, 0.05) is 25.5 Å². The third-order valence-electron chi connectivity index (χ3n) is 5.12. The van der Waals surface area contributed by atoms with Gasteiger partial charge in [0.2, 0.25) is 0 Å². The highest BCUT2D eigenvalue weighted by molar-refractivity contribution is 5.98. The monoisotopic (exact) mass is 456 g/mol. The average Bonchev–Trinajstić information content (AvgIpc) is 3.69. The van der Waals surface area contributed by atoms with E-state index in [4.69, 9.17) is 14.7 Å². The molecule has 1 aliphatic heterocycles. The van der Waals surface area contributed by atoms with Crippen LogP contribution in [0.1, 0.15) is 11.1 Å². The van der Waals surface area contributed by atoms with Crippen LogP contribution in [0.5, 0.6) is 0 Å². The first-order valence-corrected chi connectivity index (χ1v) is 10.5. The number of anilines is 2. The van der Waals surface area contributed by atoms with Crippen molar-refractivity contribution < 1.29 is 19.1 Å². The van der Waals surface area contributed by atoms with Crippen molar-refractivity contribution in [3.05, 3.63) is 70.8 Å². The van der Waals surface area contributed by atoms with Gasteiger partial charge in [-0.05, 0) is 47.5 Å². The van der Waals surface area contributed by atoms with E-state index in [9.17, 15) is 14.9 Å². The summed E-state index contributed by atoms with van der Waals surface area (Å²) in [5.41, 5.74) is 3.44. The number of aldehydes is 1. The fourth-order valence-electron chi connectivity index (χ4n) is 3.12. The number of epoxide rings is 1. The van der Waals surface area contributed by atoms with Crippen molar-refractivity contribution in [1.82, 2.24) is 0 Å². The zero-order valence-corrected chi connectivity index (χ0v) is 19.0. The Kier molecular flexibility index (Phi) is 8.17. The number of esters is 1. The van der Waals surface area contributed by atoms with Gasteiger partial charge in [-0.25, -0.2) is 4.79 Å². The van der Waals surface area contributed by atoms with Gasteiger partial charge < -0.3 is 19.3 Å². The fourth-order valence-corrected chi connectivity index (χ4v) is 3.12. The minimum atomic E-state index is -0.655. The number of nitrogens with zero attached hydrogens (tertiary/aromatic N) is 4. The van der Waals surface area contributed by atoms with Crippen LogP contribution in [0.25, 0.3) is 12.2 Å². The summed E-state index contributed by atoms with van der Waals surface area (Å²) in [5, 5.41) is 18.1. The van der Waals surface area contributed by atoms with Gasteiger partial charge in [-0.15, -0.1) is 0 Å². The van der Waals surface area contributed by atoms with E-state index in [0.717, 1.165) is 22.5 Å². The zero-order valence-electron chi connectivity index (χ0n) is 19.0. The normalized spacial score (nSPS) is 15.0. The molecule has 8 heteroatoms. The third kappa shape index (κ3) is 6.80. The highest BCUT2D eigenvalue weighted by atomic mass is 16.6. The molecular formula is C26H24N4O4. The molecule has 1 saturated heterocycles. The summed E-state index contributed by atoms with van der Waals surface area (Å²) in [6, 6.07) is 18.8. The van der Waals surface area contributed by atoms with E-state index in [1.54, 1.807) is 0 Å². The lowest BCUT2D eigenvalue weighted by Gasteiger charge is -2.28. The van der Waals surface area contributed by atoms with Gasteiger partial charge >= 0.3 is 5.97 Å². The summed E-state index contributed by atoms with van der Waals surface area (Å²) in [6.07, 6.45) is 3.53. The number of ether oxygens (including phenoxy) is 2. The largest absolute Gasteiger partial charge is 0.459 e. The van der Waals surface area contributed by atoms with Gasteiger partial charge in [0.15, 0.2) is 6.29 Å². The molecule has 1 unspecified atom stereocenters. The Bertz CT molecular complexity index is 1170. The molecule has 2 aromatic rings. The summed E-state index contributed by atoms with van der Waals surface area (Å²) in [6.45, 7) is 1.34. The van der Waals surface area contributed by atoms with Crippen molar-refractivity contribution >= 4 is 35.8 Å². The highest BCUT2D eigenvalue weighted by Gasteiger charge is 2.25. The topological polar surface area (TPSA) is 110 Å². The van der Waals surface area contributed by atoms with Gasteiger partial charge in [0.25, 0.3) is 0 Å². The van der Waals surface area contributed by atoms with Gasteiger partial charge in [-0.1, -0.05) is 24.3 Å². The standard InChI is InChI=1S/C26H24N4O4/c1-29(23-7-3-19(4-8-23)11-21(13-27)15-31)18-30(2)24-9-5-20(6-10-24)12-22(14-28)26(32)34-17-25-16-33-25/h3-12,15,25H,16-18H2,1-2H3/b21-11+,22-12+. The van der Waals surface area contributed by atoms with Crippen LogP contribution in [-0.2, 0) is 19.1 Å². The lowest BCUT2D eigenvalue weighted by Crippen LogP contribution is -2.32. The molecule has 0 saturated carbocycles. The van der Waals surface area contributed by atoms with E-state index in [1.165, 1.54) is 12.2 Å². The van der Waals surface area contributed by atoms with E-state index in [2.05, 4.69) is 9.80 Å². The number of hydrogen-bond donors (Lipinski definition) is 0. The molecule has 172 valence electrons. The van der Waals surface area contributed by atoms with E-state index in [1.807, 2.05) is 74.8 Å². The second-order valence-electron chi connectivity index (χ2n) is 7.77.